The van der Waals surface area contributed by atoms with Gasteiger partial charge in [-0.05, 0) is 30.7 Å². The van der Waals surface area contributed by atoms with E-state index in [2.05, 4.69) is 18.5 Å². The predicted octanol–water partition coefficient (Wildman–Crippen LogP) is 1.69. The Kier molecular flexibility index (Phi) is 5.80. The number of carbonyl (C=O) groups is 1. The zero-order valence-electron chi connectivity index (χ0n) is 13.8. The van der Waals surface area contributed by atoms with Gasteiger partial charge in [0.25, 0.3) is 0 Å². The van der Waals surface area contributed by atoms with Crippen LogP contribution in [0.15, 0.2) is 54.5 Å². The van der Waals surface area contributed by atoms with Gasteiger partial charge in [-0.2, -0.15) is 4.31 Å². The van der Waals surface area contributed by atoms with Crippen molar-refractivity contribution in [3.8, 4) is 0 Å². The molecule has 0 bridgehead atoms. The van der Waals surface area contributed by atoms with Gasteiger partial charge >= 0.3 is 0 Å². The Labute approximate surface area is 143 Å². The summed E-state index contributed by atoms with van der Waals surface area (Å²) in [7, 11) is -2.02. The monoisotopic (exact) mass is 349 g/mol. The van der Waals surface area contributed by atoms with Crippen LogP contribution in [0.5, 0.6) is 0 Å². The summed E-state index contributed by atoms with van der Waals surface area (Å²) in [5, 5.41) is 3.16. The average Bonchev–Trinajstić information content (AvgIpc) is 2.89. The zero-order chi connectivity index (χ0) is 17.7. The number of anilines is 1. The Bertz CT molecular complexity index is 713. The molecule has 0 radical (unpaired) electrons. The number of nitrogens with one attached hydrogen (secondary N) is 1. The largest absolute Gasteiger partial charge is 0.374 e. The summed E-state index contributed by atoms with van der Waals surface area (Å²) in [5.74, 6) is 0.0392. The highest BCUT2D eigenvalue weighted by molar-refractivity contribution is 7.89. The summed E-state index contributed by atoms with van der Waals surface area (Å²) in [4.78, 5) is 14.1. The molecule has 7 heteroatoms. The third kappa shape index (κ3) is 3.85. The Hall–Kier alpha value is -2.12. The second-order valence-electron chi connectivity index (χ2n) is 5.66. The molecule has 2 rings (SSSR count). The quantitative estimate of drug-likeness (QED) is 0.725. The smallest absolute Gasteiger partial charge is 0.245 e. The van der Waals surface area contributed by atoms with Crippen molar-refractivity contribution < 1.29 is 13.2 Å². The van der Waals surface area contributed by atoms with Gasteiger partial charge in [0.1, 0.15) is 6.04 Å². The minimum atomic E-state index is -3.52. The van der Waals surface area contributed by atoms with Crippen molar-refractivity contribution in [2.24, 2.45) is 0 Å². The van der Waals surface area contributed by atoms with E-state index in [0.717, 1.165) is 12.1 Å². The number of carbonyl (C=O) groups excluding carboxylic acids is 1. The summed E-state index contributed by atoms with van der Waals surface area (Å²) < 4.78 is 25.9. The number of nitrogens with zero attached hydrogens (tertiary/aromatic N) is 2. The number of rotatable bonds is 8. The van der Waals surface area contributed by atoms with Crippen molar-refractivity contribution in [1.82, 2.24) is 9.21 Å². The first kappa shape index (κ1) is 18.2. The number of amides is 1. The molecule has 24 heavy (non-hydrogen) atoms. The lowest BCUT2D eigenvalue weighted by Gasteiger charge is -2.17. The van der Waals surface area contributed by atoms with Gasteiger partial charge in [0.15, 0.2) is 0 Å². The van der Waals surface area contributed by atoms with Crippen LogP contribution in [-0.4, -0.2) is 56.3 Å². The molecule has 6 nitrogen and oxygen atoms in total. The molecule has 0 aromatic heterocycles. The molecule has 1 unspecified atom stereocenters. The fourth-order valence-corrected chi connectivity index (χ4v) is 3.74. The molecule has 1 aliphatic heterocycles. The maximum absolute atomic E-state index is 12.3. The molecule has 1 aromatic rings. The second-order valence-corrected chi connectivity index (χ2v) is 7.70. The first-order chi connectivity index (χ1) is 11.4. The normalized spacial score (nSPS) is 18.0. The second kappa shape index (κ2) is 7.63. The Balaban J connectivity index is 2.06. The predicted molar refractivity (Wildman–Crippen MR) is 95.3 cm³/mol. The Morgan fingerprint density at radius 3 is 2.54 bits per heavy atom. The Morgan fingerprint density at radius 1 is 1.29 bits per heavy atom. The standard InChI is InChI=1S/C17H23N3O3S/c1-4-11-19(3)24(22,23)15-8-6-14(7-9-15)18-16-10-13-20(12-5-2)17(16)21/h4-9,16,18H,1-2,10-13H2,3H3. The van der Waals surface area contributed by atoms with Crippen molar-refractivity contribution >= 4 is 21.6 Å². The third-order valence-corrected chi connectivity index (χ3v) is 5.77. The minimum absolute atomic E-state index is 0.0392. The van der Waals surface area contributed by atoms with Crippen LogP contribution in [0.4, 0.5) is 5.69 Å². The highest BCUT2D eigenvalue weighted by Gasteiger charge is 2.30. The molecule has 1 amide bonds. The van der Waals surface area contributed by atoms with E-state index in [4.69, 9.17) is 0 Å². The fourth-order valence-electron chi connectivity index (χ4n) is 2.59. The van der Waals surface area contributed by atoms with Crippen molar-refractivity contribution in [1.29, 1.82) is 0 Å². The number of benzene rings is 1. The van der Waals surface area contributed by atoms with Gasteiger partial charge in [0.2, 0.25) is 15.9 Å². The zero-order valence-corrected chi connectivity index (χ0v) is 14.6. The molecule has 1 fully saturated rings. The van der Waals surface area contributed by atoms with E-state index in [1.165, 1.54) is 29.6 Å². The lowest BCUT2D eigenvalue weighted by Crippen LogP contribution is -2.33. The first-order valence-electron chi connectivity index (χ1n) is 7.73. The molecule has 1 saturated heterocycles. The van der Waals surface area contributed by atoms with E-state index in [0.29, 0.717) is 13.1 Å². The lowest BCUT2D eigenvalue weighted by molar-refractivity contribution is -0.127. The van der Waals surface area contributed by atoms with Gasteiger partial charge < -0.3 is 10.2 Å². The van der Waals surface area contributed by atoms with Gasteiger partial charge in [-0.3, -0.25) is 4.79 Å². The number of likely N-dealkylation sites (N-methyl/N-ethyl adjacent to an activating group) is 1. The average molecular weight is 349 g/mol. The summed E-state index contributed by atoms with van der Waals surface area (Å²) in [6.45, 7) is 8.68. The van der Waals surface area contributed by atoms with Gasteiger partial charge in [-0.15, -0.1) is 13.2 Å². The maximum atomic E-state index is 12.3. The first-order valence-corrected chi connectivity index (χ1v) is 9.17. The van der Waals surface area contributed by atoms with Crippen LogP contribution >= 0.6 is 0 Å². The Morgan fingerprint density at radius 2 is 1.96 bits per heavy atom. The van der Waals surface area contributed by atoms with Crippen LogP contribution < -0.4 is 5.32 Å². The summed E-state index contributed by atoms with van der Waals surface area (Å²) in [5.41, 5.74) is 0.721. The number of sulfonamides is 1. The molecule has 1 atom stereocenters. The lowest BCUT2D eigenvalue weighted by atomic mass is 10.2. The van der Waals surface area contributed by atoms with E-state index in [9.17, 15) is 13.2 Å². The fraction of sp³-hybridized carbons (Fsp3) is 0.353. The number of hydrogen-bond acceptors (Lipinski definition) is 4. The third-order valence-electron chi connectivity index (χ3n) is 3.94. The van der Waals surface area contributed by atoms with E-state index in [-0.39, 0.29) is 23.4 Å². The van der Waals surface area contributed by atoms with Crippen LogP contribution in [0.1, 0.15) is 6.42 Å². The van der Waals surface area contributed by atoms with E-state index in [1.54, 1.807) is 23.1 Å². The topological polar surface area (TPSA) is 69.7 Å². The molecule has 1 aromatic carbocycles. The van der Waals surface area contributed by atoms with Crippen LogP contribution in [0, 0.1) is 0 Å². The molecule has 130 valence electrons. The van der Waals surface area contributed by atoms with E-state index >= 15 is 0 Å². The number of likely N-dealkylation sites (tertiary alicyclic amines) is 1. The number of hydrogen-bond donors (Lipinski definition) is 1. The van der Waals surface area contributed by atoms with E-state index in [1.807, 2.05) is 0 Å². The van der Waals surface area contributed by atoms with Crippen LogP contribution in [0.2, 0.25) is 0 Å². The van der Waals surface area contributed by atoms with Gasteiger partial charge in [-0.25, -0.2) is 8.42 Å². The maximum Gasteiger partial charge on any atom is 0.245 e. The summed E-state index contributed by atoms with van der Waals surface area (Å²) in [6, 6.07) is 6.16. The SMILES string of the molecule is C=CCN1CCC(Nc2ccc(S(=O)(=O)N(C)CC=C)cc2)C1=O. The van der Waals surface area contributed by atoms with Crippen molar-refractivity contribution in [3.05, 3.63) is 49.6 Å². The molecule has 1 N–H and O–H groups in total. The summed E-state index contributed by atoms with van der Waals surface area (Å²) >= 11 is 0. The van der Waals surface area contributed by atoms with Crippen molar-refractivity contribution in [3.63, 3.8) is 0 Å². The molecule has 0 saturated carbocycles. The molecule has 1 aliphatic rings. The molecular formula is C17H23N3O3S. The van der Waals surface area contributed by atoms with E-state index < -0.39 is 10.0 Å². The highest BCUT2D eigenvalue weighted by Crippen LogP contribution is 2.20. The van der Waals surface area contributed by atoms with Gasteiger partial charge in [0, 0.05) is 32.4 Å². The van der Waals surface area contributed by atoms with Crippen LogP contribution in [0.3, 0.4) is 0 Å². The molecule has 1 heterocycles. The van der Waals surface area contributed by atoms with Crippen LogP contribution in [0.25, 0.3) is 0 Å². The highest BCUT2D eigenvalue weighted by atomic mass is 32.2. The summed E-state index contributed by atoms with van der Waals surface area (Å²) in [6.07, 6.45) is 3.96. The van der Waals surface area contributed by atoms with Gasteiger partial charge in [0.05, 0.1) is 4.90 Å². The molecule has 0 spiro atoms. The van der Waals surface area contributed by atoms with Crippen molar-refractivity contribution in [2.75, 3.05) is 32.0 Å². The van der Waals surface area contributed by atoms with Crippen molar-refractivity contribution in [2.45, 2.75) is 17.4 Å². The molecular weight excluding hydrogens is 326 g/mol. The van der Waals surface area contributed by atoms with Gasteiger partial charge in [-0.1, -0.05) is 12.2 Å². The molecule has 0 aliphatic carbocycles. The minimum Gasteiger partial charge on any atom is -0.374 e. The van der Waals surface area contributed by atoms with Crippen LogP contribution in [-0.2, 0) is 14.8 Å².